The molecular weight excluding hydrogens is 312 g/mol. The van der Waals surface area contributed by atoms with Crippen molar-refractivity contribution < 1.29 is 4.79 Å². The molecule has 3 aromatic rings. The van der Waals surface area contributed by atoms with E-state index in [1.807, 2.05) is 48.7 Å². The number of carbonyl (C=O) groups excluding carboxylic acids is 1. The van der Waals surface area contributed by atoms with Crippen LogP contribution in [0.25, 0.3) is 6.08 Å². The average molecular weight is 332 g/mol. The van der Waals surface area contributed by atoms with Crippen LogP contribution in [0.5, 0.6) is 0 Å². The quantitative estimate of drug-likeness (QED) is 0.705. The number of amides is 1. The molecule has 0 radical (unpaired) electrons. The van der Waals surface area contributed by atoms with Crippen LogP contribution in [0.2, 0.25) is 0 Å². The highest BCUT2D eigenvalue weighted by Crippen LogP contribution is 2.12. The molecule has 2 N–H and O–H groups in total. The Morgan fingerprint density at radius 3 is 2.56 bits per heavy atom. The van der Waals surface area contributed by atoms with E-state index in [9.17, 15) is 4.79 Å². The zero-order valence-electron chi connectivity index (χ0n) is 14.1. The number of rotatable bonds is 6. The van der Waals surface area contributed by atoms with Gasteiger partial charge in [-0.1, -0.05) is 59.8 Å². The van der Waals surface area contributed by atoms with E-state index in [1.54, 1.807) is 10.8 Å². The van der Waals surface area contributed by atoms with Crippen LogP contribution in [0.15, 0.2) is 66.4 Å². The second kappa shape index (κ2) is 7.57. The molecule has 126 valence electrons. The summed E-state index contributed by atoms with van der Waals surface area (Å²) in [6, 6.07) is 17.8. The highest BCUT2D eigenvalue weighted by Gasteiger charge is 2.10. The number of hydrogen-bond donors (Lipinski definition) is 1. The lowest BCUT2D eigenvalue weighted by atomic mass is 10.1. The molecule has 5 heteroatoms. The van der Waals surface area contributed by atoms with Gasteiger partial charge >= 0.3 is 0 Å². The van der Waals surface area contributed by atoms with Crippen molar-refractivity contribution in [3.05, 3.63) is 88.8 Å². The molecule has 1 amide bonds. The molecular formula is C20H20N4O. The first-order valence-electron chi connectivity index (χ1n) is 8.11. The van der Waals surface area contributed by atoms with E-state index in [0.29, 0.717) is 18.5 Å². The van der Waals surface area contributed by atoms with E-state index in [2.05, 4.69) is 29.4 Å². The maximum atomic E-state index is 11.7. The number of aryl methyl sites for hydroxylation is 1. The molecule has 1 aromatic heterocycles. The Labute approximate surface area is 146 Å². The molecule has 0 unspecified atom stereocenters. The molecule has 2 aromatic carbocycles. The van der Waals surface area contributed by atoms with E-state index >= 15 is 0 Å². The second-order valence-electron chi connectivity index (χ2n) is 5.96. The van der Waals surface area contributed by atoms with Crippen molar-refractivity contribution in [1.82, 2.24) is 15.0 Å². The summed E-state index contributed by atoms with van der Waals surface area (Å²) in [7, 11) is 0. The molecule has 5 nitrogen and oxygen atoms in total. The van der Waals surface area contributed by atoms with Crippen LogP contribution in [-0.2, 0) is 17.8 Å². The van der Waals surface area contributed by atoms with E-state index in [4.69, 9.17) is 5.73 Å². The molecule has 1 heterocycles. The molecule has 0 atom stereocenters. The molecule has 0 saturated heterocycles. The maximum Gasteiger partial charge on any atom is 0.245 e. The highest BCUT2D eigenvalue weighted by atomic mass is 16.1. The van der Waals surface area contributed by atoms with Crippen LogP contribution < -0.4 is 5.73 Å². The monoisotopic (exact) mass is 332 g/mol. The van der Waals surface area contributed by atoms with Gasteiger partial charge in [-0.2, -0.15) is 0 Å². The van der Waals surface area contributed by atoms with Gasteiger partial charge in [0, 0.05) is 18.2 Å². The molecule has 0 aliphatic heterocycles. The number of nitrogens with zero attached hydrogens (tertiary/aromatic N) is 3. The van der Waals surface area contributed by atoms with Crippen molar-refractivity contribution in [2.75, 3.05) is 0 Å². The van der Waals surface area contributed by atoms with Gasteiger partial charge in [0.2, 0.25) is 5.91 Å². The summed E-state index contributed by atoms with van der Waals surface area (Å²) in [6.07, 6.45) is 4.01. The molecule has 0 saturated carbocycles. The third-order valence-electron chi connectivity index (χ3n) is 4.01. The van der Waals surface area contributed by atoms with Crippen LogP contribution in [0.4, 0.5) is 0 Å². The van der Waals surface area contributed by atoms with E-state index in [-0.39, 0.29) is 0 Å². The predicted molar refractivity (Wildman–Crippen MR) is 97.6 cm³/mol. The van der Waals surface area contributed by atoms with Crippen molar-refractivity contribution in [3.8, 4) is 0 Å². The molecule has 0 bridgehead atoms. The zero-order valence-corrected chi connectivity index (χ0v) is 14.1. The van der Waals surface area contributed by atoms with Crippen LogP contribution >= 0.6 is 0 Å². The third-order valence-corrected chi connectivity index (χ3v) is 4.01. The summed E-state index contributed by atoms with van der Waals surface area (Å²) < 4.78 is 1.78. The molecule has 0 aliphatic carbocycles. The van der Waals surface area contributed by atoms with Crippen molar-refractivity contribution in [2.45, 2.75) is 19.9 Å². The smallest absolute Gasteiger partial charge is 0.245 e. The number of aromatic nitrogens is 3. The van der Waals surface area contributed by atoms with Crippen molar-refractivity contribution in [3.63, 3.8) is 0 Å². The highest BCUT2D eigenvalue weighted by molar-refractivity contribution is 5.96. The Balaban J connectivity index is 1.76. The van der Waals surface area contributed by atoms with Crippen molar-refractivity contribution in [2.24, 2.45) is 5.73 Å². The Morgan fingerprint density at radius 2 is 1.84 bits per heavy atom. The van der Waals surface area contributed by atoms with Gasteiger partial charge in [-0.3, -0.25) is 4.79 Å². The molecule has 3 rings (SSSR count). The summed E-state index contributed by atoms with van der Waals surface area (Å²) in [4.78, 5) is 11.7. The minimum absolute atomic E-state index is 0.359. The third kappa shape index (κ3) is 4.41. The zero-order chi connectivity index (χ0) is 17.6. The number of carbonyl (C=O) groups is 1. The molecule has 25 heavy (non-hydrogen) atoms. The molecule has 0 aliphatic rings. The Morgan fingerprint density at radius 1 is 1.12 bits per heavy atom. The Bertz CT molecular complexity index is 897. The standard InChI is InChI=1S/C20H20N4O/c1-15-7-5-6-10-17(15)13-24-14-19(22-23-24)12-18(20(21)25)11-16-8-3-2-4-9-16/h2-11,14H,12-13H2,1H3,(H2,21,25). The van der Waals surface area contributed by atoms with Gasteiger partial charge in [0.15, 0.2) is 0 Å². The maximum absolute atomic E-state index is 11.7. The van der Waals surface area contributed by atoms with Crippen LogP contribution in [-0.4, -0.2) is 20.9 Å². The summed E-state index contributed by atoms with van der Waals surface area (Å²) in [5, 5.41) is 8.33. The first kappa shape index (κ1) is 16.6. The fraction of sp³-hybridized carbons (Fsp3) is 0.150. The SMILES string of the molecule is Cc1ccccc1Cn1cc(CC(=Cc2ccccc2)C(N)=O)nn1. The number of nitrogens with two attached hydrogens (primary N) is 1. The van der Waals surface area contributed by atoms with E-state index in [0.717, 1.165) is 11.3 Å². The number of hydrogen-bond acceptors (Lipinski definition) is 3. The number of benzene rings is 2. The minimum atomic E-state index is -0.447. The summed E-state index contributed by atoms with van der Waals surface area (Å²) in [6.45, 7) is 2.72. The van der Waals surface area contributed by atoms with E-state index < -0.39 is 5.91 Å². The lowest BCUT2D eigenvalue weighted by Gasteiger charge is -2.04. The lowest BCUT2D eigenvalue weighted by Crippen LogP contribution is -2.15. The largest absolute Gasteiger partial charge is 0.366 e. The molecule has 0 spiro atoms. The molecule has 0 fully saturated rings. The Kier molecular flexibility index (Phi) is 5.04. The van der Waals surface area contributed by atoms with Crippen LogP contribution in [0, 0.1) is 6.92 Å². The summed E-state index contributed by atoms with van der Waals surface area (Å²) >= 11 is 0. The van der Waals surface area contributed by atoms with Gasteiger partial charge in [-0.05, 0) is 29.7 Å². The van der Waals surface area contributed by atoms with Gasteiger partial charge in [-0.25, -0.2) is 4.68 Å². The van der Waals surface area contributed by atoms with Gasteiger partial charge in [0.1, 0.15) is 0 Å². The number of primary amides is 1. The predicted octanol–water partition coefficient (Wildman–Crippen LogP) is 2.75. The fourth-order valence-corrected chi connectivity index (χ4v) is 2.61. The lowest BCUT2D eigenvalue weighted by molar-refractivity contribution is -0.114. The summed E-state index contributed by atoms with van der Waals surface area (Å²) in [5.74, 6) is -0.447. The van der Waals surface area contributed by atoms with Crippen LogP contribution in [0.3, 0.4) is 0 Å². The van der Waals surface area contributed by atoms with Gasteiger partial charge in [0.05, 0.1) is 12.2 Å². The summed E-state index contributed by atoms with van der Waals surface area (Å²) in [5.41, 5.74) is 10.1. The average Bonchev–Trinajstić information content (AvgIpc) is 3.04. The topological polar surface area (TPSA) is 73.8 Å². The van der Waals surface area contributed by atoms with E-state index in [1.165, 1.54) is 11.1 Å². The normalized spacial score (nSPS) is 11.5. The van der Waals surface area contributed by atoms with Crippen molar-refractivity contribution >= 4 is 12.0 Å². The van der Waals surface area contributed by atoms with Crippen molar-refractivity contribution in [1.29, 1.82) is 0 Å². The second-order valence-corrected chi connectivity index (χ2v) is 5.96. The van der Waals surface area contributed by atoms with Gasteiger partial charge < -0.3 is 5.73 Å². The Hall–Kier alpha value is -3.21. The van der Waals surface area contributed by atoms with Gasteiger partial charge in [0.25, 0.3) is 0 Å². The fourth-order valence-electron chi connectivity index (χ4n) is 2.61. The first-order valence-corrected chi connectivity index (χ1v) is 8.11. The van der Waals surface area contributed by atoms with Gasteiger partial charge in [-0.15, -0.1) is 5.10 Å². The van der Waals surface area contributed by atoms with Crippen LogP contribution in [0.1, 0.15) is 22.4 Å². The minimum Gasteiger partial charge on any atom is -0.366 e. The first-order chi connectivity index (χ1) is 12.1.